The molecule has 3 rings (SSSR count). The Labute approximate surface area is 106 Å². The van der Waals surface area contributed by atoms with Crippen molar-refractivity contribution in [1.29, 1.82) is 0 Å². The number of hydrogen-bond acceptors (Lipinski definition) is 6. The van der Waals surface area contributed by atoms with E-state index in [9.17, 15) is 4.79 Å². The van der Waals surface area contributed by atoms with Crippen LogP contribution in [0.25, 0.3) is 11.6 Å². The molecule has 1 atom stereocenters. The van der Waals surface area contributed by atoms with Gasteiger partial charge in [-0.15, -0.1) is 0 Å². The van der Waals surface area contributed by atoms with Crippen molar-refractivity contribution < 1.29 is 14.4 Å². The summed E-state index contributed by atoms with van der Waals surface area (Å²) >= 11 is 1.79. The van der Waals surface area contributed by atoms with E-state index in [2.05, 4.69) is 20.1 Å². The summed E-state index contributed by atoms with van der Waals surface area (Å²) < 4.78 is 5.10. The van der Waals surface area contributed by atoms with Gasteiger partial charge in [-0.05, 0) is 18.6 Å². The van der Waals surface area contributed by atoms with Gasteiger partial charge in [0.2, 0.25) is 0 Å². The monoisotopic (exact) mass is 266 g/mol. The molecule has 2 aromatic heterocycles. The van der Waals surface area contributed by atoms with E-state index in [4.69, 9.17) is 9.63 Å². The van der Waals surface area contributed by atoms with Gasteiger partial charge in [0.25, 0.3) is 5.89 Å². The lowest BCUT2D eigenvalue weighted by Crippen LogP contribution is -1.99. The first kappa shape index (κ1) is 11.3. The highest BCUT2D eigenvalue weighted by Gasteiger charge is 2.25. The molecule has 0 spiro atoms. The predicted molar refractivity (Wildman–Crippen MR) is 63.3 cm³/mol. The van der Waals surface area contributed by atoms with E-state index in [1.165, 1.54) is 6.33 Å². The zero-order valence-corrected chi connectivity index (χ0v) is 10.1. The summed E-state index contributed by atoms with van der Waals surface area (Å²) in [5, 5.41) is 13.1. The van der Waals surface area contributed by atoms with Crippen LogP contribution in [-0.4, -0.2) is 36.9 Å². The molecule has 0 aliphatic carbocycles. The van der Waals surface area contributed by atoms with Crippen molar-refractivity contribution >= 4 is 17.7 Å². The lowest BCUT2D eigenvalue weighted by atomic mass is 10.2. The van der Waals surface area contributed by atoms with E-state index >= 15 is 0 Å². The average Bonchev–Trinajstić information content (AvgIpc) is 3.10. The lowest BCUT2D eigenvalue weighted by molar-refractivity contribution is 0.0691. The molecule has 1 unspecified atom stereocenters. The van der Waals surface area contributed by atoms with Crippen LogP contribution in [0, 0.1) is 0 Å². The van der Waals surface area contributed by atoms with E-state index < -0.39 is 5.97 Å². The van der Waals surface area contributed by atoms with Crippen LogP contribution in [0.4, 0.5) is 0 Å². The lowest BCUT2D eigenvalue weighted by Gasteiger charge is -1.98. The highest BCUT2D eigenvalue weighted by atomic mass is 32.2. The molecule has 0 aromatic carbocycles. The molecule has 0 saturated carbocycles. The quantitative estimate of drug-likeness (QED) is 0.871. The first-order valence-corrected chi connectivity index (χ1v) is 6.53. The van der Waals surface area contributed by atoms with E-state index in [-0.39, 0.29) is 22.5 Å². The minimum atomic E-state index is -1.12. The Morgan fingerprint density at radius 1 is 1.61 bits per heavy atom. The fraction of sp³-hybridized carbons (Fsp3) is 0.400. The van der Waals surface area contributed by atoms with Gasteiger partial charge in [-0.3, -0.25) is 0 Å². The summed E-state index contributed by atoms with van der Waals surface area (Å²) in [6.07, 6.45) is 3.47. The molecule has 1 saturated heterocycles. The molecular weight excluding hydrogens is 256 g/mol. The Hall–Kier alpha value is -1.83. The molecule has 1 fully saturated rings. The van der Waals surface area contributed by atoms with Crippen LogP contribution in [0.3, 0.4) is 0 Å². The van der Waals surface area contributed by atoms with Gasteiger partial charge in [0.1, 0.15) is 5.69 Å². The topological polar surface area (TPSA) is 105 Å². The van der Waals surface area contributed by atoms with Crippen LogP contribution in [0.1, 0.15) is 34.4 Å². The number of nitrogens with zero attached hydrogens (tertiary/aromatic N) is 3. The third kappa shape index (κ3) is 1.88. The van der Waals surface area contributed by atoms with E-state index in [0.29, 0.717) is 5.82 Å². The highest BCUT2D eigenvalue weighted by molar-refractivity contribution is 7.99. The number of rotatable bonds is 3. The van der Waals surface area contributed by atoms with Crippen molar-refractivity contribution in [2.24, 2.45) is 0 Å². The summed E-state index contributed by atoms with van der Waals surface area (Å²) in [6.45, 7) is 0. The average molecular weight is 266 g/mol. The van der Waals surface area contributed by atoms with Crippen molar-refractivity contribution in [3.63, 3.8) is 0 Å². The number of aromatic carboxylic acids is 1. The molecule has 1 aliphatic heterocycles. The van der Waals surface area contributed by atoms with Crippen LogP contribution < -0.4 is 0 Å². The second-order valence-electron chi connectivity index (χ2n) is 3.89. The first-order chi connectivity index (χ1) is 8.75. The SMILES string of the molecule is O=C(O)c1nc[nH]c1-c1nc(C2CCCS2)no1. The molecule has 0 bridgehead atoms. The number of nitrogens with one attached hydrogen (secondary N) is 1. The third-order valence-electron chi connectivity index (χ3n) is 2.72. The second-order valence-corrected chi connectivity index (χ2v) is 5.20. The van der Waals surface area contributed by atoms with Gasteiger partial charge in [-0.1, -0.05) is 5.16 Å². The van der Waals surface area contributed by atoms with Crippen molar-refractivity contribution in [3.05, 3.63) is 17.8 Å². The molecule has 18 heavy (non-hydrogen) atoms. The van der Waals surface area contributed by atoms with Crippen LogP contribution in [0.5, 0.6) is 0 Å². The van der Waals surface area contributed by atoms with E-state index in [1.54, 1.807) is 11.8 Å². The fourth-order valence-corrected chi connectivity index (χ4v) is 3.06. The number of aromatic nitrogens is 4. The van der Waals surface area contributed by atoms with Gasteiger partial charge in [0.05, 0.1) is 11.6 Å². The minimum absolute atomic E-state index is 0.107. The molecule has 0 amide bonds. The largest absolute Gasteiger partial charge is 0.476 e. The molecule has 2 N–H and O–H groups in total. The molecule has 3 heterocycles. The second kappa shape index (κ2) is 4.45. The Morgan fingerprint density at radius 3 is 3.22 bits per heavy atom. The molecule has 94 valence electrons. The maximum atomic E-state index is 10.9. The summed E-state index contributed by atoms with van der Waals surface area (Å²) in [5.74, 6) is 0.769. The normalized spacial score (nSPS) is 19.2. The number of aromatic amines is 1. The first-order valence-electron chi connectivity index (χ1n) is 5.48. The van der Waals surface area contributed by atoms with Crippen molar-refractivity contribution in [1.82, 2.24) is 20.1 Å². The zero-order valence-electron chi connectivity index (χ0n) is 9.29. The number of carbonyl (C=O) groups is 1. The van der Waals surface area contributed by atoms with Crippen molar-refractivity contribution in [3.8, 4) is 11.6 Å². The number of H-pyrrole nitrogens is 1. The Morgan fingerprint density at radius 2 is 2.50 bits per heavy atom. The van der Waals surface area contributed by atoms with E-state index in [1.807, 2.05) is 0 Å². The van der Waals surface area contributed by atoms with Crippen LogP contribution in [0.15, 0.2) is 10.9 Å². The Kier molecular flexibility index (Phi) is 2.78. The molecule has 2 aromatic rings. The van der Waals surface area contributed by atoms with Gasteiger partial charge in [-0.25, -0.2) is 9.78 Å². The fourth-order valence-electron chi connectivity index (χ4n) is 1.87. The maximum absolute atomic E-state index is 10.9. The number of imidazole rings is 1. The maximum Gasteiger partial charge on any atom is 0.356 e. The summed E-state index contributed by atoms with van der Waals surface area (Å²) in [4.78, 5) is 21.6. The summed E-state index contributed by atoms with van der Waals surface area (Å²) in [5.41, 5.74) is 0.147. The smallest absolute Gasteiger partial charge is 0.356 e. The highest BCUT2D eigenvalue weighted by Crippen LogP contribution is 2.38. The van der Waals surface area contributed by atoms with Crippen LogP contribution in [-0.2, 0) is 0 Å². The van der Waals surface area contributed by atoms with Crippen molar-refractivity contribution in [2.45, 2.75) is 18.1 Å². The zero-order chi connectivity index (χ0) is 12.5. The van der Waals surface area contributed by atoms with Gasteiger partial charge < -0.3 is 14.6 Å². The van der Waals surface area contributed by atoms with Gasteiger partial charge in [-0.2, -0.15) is 16.7 Å². The number of thioether (sulfide) groups is 1. The van der Waals surface area contributed by atoms with Crippen molar-refractivity contribution in [2.75, 3.05) is 5.75 Å². The molecule has 8 heteroatoms. The molecule has 0 radical (unpaired) electrons. The molecule has 1 aliphatic rings. The minimum Gasteiger partial charge on any atom is -0.476 e. The van der Waals surface area contributed by atoms with Gasteiger partial charge in [0.15, 0.2) is 11.5 Å². The molecule has 7 nitrogen and oxygen atoms in total. The van der Waals surface area contributed by atoms with Crippen LogP contribution in [0.2, 0.25) is 0 Å². The third-order valence-corrected chi connectivity index (χ3v) is 4.09. The standard InChI is InChI=1S/C10H10N4O3S/c15-10(16)7-6(11-4-12-7)9-13-8(14-17-9)5-2-1-3-18-5/h4-5H,1-3H2,(H,11,12)(H,15,16). The Balaban J connectivity index is 1.92. The number of hydrogen-bond donors (Lipinski definition) is 2. The summed E-state index contributed by atoms with van der Waals surface area (Å²) in [7, 11) is 0. The molecular formula is C10H10N4O3S. The number of carboxylic acid groups (broad SMARTS) is 1. The van der Waals surface area contributed by atoms with Crippen LogP contribution >= 0.6 is 11.8 Å². The predicted octanol–water partition coefficient (Wildman–Crippen LogP) is 1.73. The van der Waals surface area contributed by atoms with E-state index in [0.717, 1.165) is 18.6 Å². The Bertz CT molecular complexity index is 573. The number of carboxylic acids is 1. The summed E-state index contributed by atoms with van der Waals surface area (Å²) in [6, 6.07) is 0. The van der Waals surface area contributed by atoms with Gasteiger partial charge in [0, 0.05) is 0 Å². The van der Waals surface area contributed by atoms with Gasteiger partial charge >= 0.3 is 5.97 Å².